The van der Waals surface area contributed by atoms with E-state index in [9.17, 15) is 4.79 Å². The van der Waals surface area contributed by atoms with Crippen molar-refractivity contribution in [1.29, 1.82) is 0 Å². The van der Waals surface area contributed by atoms with Crippen LogP contribution >= 0.6 is 0 Å². The number of aliphatic hydroxyl groups excluding tert-OH is 1. The molecule has 2 fully saturated rings. The van der Waals surface area contributed by atoms with Crippen LogP contribution in [0.5, 0.6) is 0 Å². The van der Waals surface area contributed by atoms with Crippen molar-refractivity contribution in [2.45, 2.75) is 31.3 Å². The van der Waals surface area contributed by atoms with Gasteiger partial charge < -0.3 is 19.5 Å². The summed E-state index contributed by atoms with van der Waals surface area (Å²) in [6.07, 6.45) is 3.06. The van der Waals surface area contributed by atoms with Crippen LogP contribution in [0.25, 0.3) is 0 Å². The lowest BCUT2D eigenvalue weighted by atomic mass is 9.91. The first kappa shape index (κ1) is 11.7. The summed E-state index contributed by atoms with van der Waals surface area (Å²) < 4.78 is 10.9. The van der Waals surface area contributed by atoms with Crippen molar-refractivity contribution in [1.82, 2.24) is 4.90 Å². The number of hydrogen-bond donors (Lipinski definition) is 1. The maximum absolute atomic E-state index is 11.7. The van der Waals surface area contributed by atoms with Gasteiger partial charge in [0.2, 0.25) is 0 Å². The van der Waals surface area contributed by atoms with Gasteiger partial charge in [0.05, 0.1) is 6.61 Å². The SMILES string of the molecule is O=C1OC2(CCCOC2)CCN1CCCO. The van der Waals surface area contributed by atoms with Gasteiger partial charge in [0.1, 0.15) is 5.60 Å². The average Bonchev–Trinajstić information content (AvgIpc) is 2.29. The van der Waals surface area contributed by atoms with Gasteiger partial charge in [-0.2, -0.15) is 0 Å². The first-order valence-electron chi connectivity index (χ1n) is 5.92. The molecule has 16 heavy (non-hydrogen) atoms. The molecule has 1 N–H and O–H groups in total. The minimum Gasteiger partial charge on any atom is -0.440 e. The van der Waals surface area contributed by atoms with Crippen LogP contribution in [-0.2, 0) is 9.47 Å². The molecular formula is C11H19NO4. The second-order valence-electron chi connectivity index (χ2n) is 4.52. The van der Waals surface area contributed by atoms with Gasteiger partial charge in [0, 0.05) is 32.7 Å². The van der Waals surface area contributed by atoms with E-state index in [1.165, 1.54) is 0 Å². The van der Waals surface area contributed by atoms with Crippen molar-refractivity contribution in [2.75, 3.05) is 32.9 Å². The van der Waals surface area contributed by atoms with Gasteiger partial charge in [-0.15, -0.1) is 0 Å². The minimum atomic E-state index is -0.370. The molecule has 5 heteroatoms. The lowest BCUT2D eigenvalue weighted by Gasteiger charge is -2.42. The number of ether oxygens (including phenoxy) is 2. The molecule has 0 saturated carbocycles. The van der Waals surface area contributed by atoms with Crippen molar-refractivity contribution in [3.63, 3.8) is 0 Å². The van der Waals surface area contributed by atoms with Crippen LogP contribution in [-0.4, -0.2) is 54.6 Å². The molecule has 2 aliphatic heterocycles. The highest BCUT2D eigenvalue weighted by atomic mass is 16.6. The molecule has 1 spiro atoms. The molecular weight excluding hydrogens is 210 g/mol. The zero-order valence-electron chi connectivity index (χ0n) is 9.48. The molecule has 0 aromatic rings. The lowest BCUT2D eigenvalue weighted by Crippen LogP contribution is -2.53. The summed E-state index contributed by atoms with van der Waals surface area (Å²) >= 11 is 0. The Bertz CT molecular complexity index is 250. The van der Waals surface area contributed by atoms with E-state index in [4.69, 9.17) is 14.6 Å². The Kier molecular flexibility index (Phi) is 3.66. The fourth-order valence-electron chi connectivity index (χ4n) is 2.30. The molecule has 0 radical (unpaired) electrons. The Balaban J connectivity index is 1.88. The molecule has 5 nitrogen and oxygen atoms in total. The van der Waals surface area contributed by atoms with E-state index in [0.717, 1.165) is 25.9 Å². The van der Waals surface area contributed by atoms with Gasteiger partial charge in [-0.05, 0) is 19.3 Å². The van der Waals surface area contributed by atoms with E-state index in [0.29, 0.717) is 26.1 Å². The summed E-state index contributed by atoms with van der Waals surface area (Å²) in [6, 6.07) is 0. The van der Waals surface area contributed by atoms with Crippen molar-refractivity contribution in [3.8, 4) is 0 Å². The standard InChI is InChI=1S/C11H19NO4/c13-7-2-5-12-6-4-11(16-10(12)14)3-1-8-15-9-11/h13H,1-9H2. The first-order chi connectivity index (χ1) is 7.76. The monoisotopic (exact) mass is 229 g/mol. The van der Waals surface area contributed by atoms with E-state index in [-0.39, 0.29) is 18.3 Å². The molecule has 1 unspecified atom stereocenters. The van der Waals surface area contributed by atoms with Crippen LogP contribution in [0.15, 0.2) is 0 Å². The number of rotatable bonds is 3. The molecule has 0 aromatic heterocycles. The Morgan fingerprint density at radius 1 is 1.44 bits per heavy atom. The number of carbonyl (C=O) groups excluding carboxylic acids is 1. The summed E-state index contributed by atoms with van der Waals surface area (Å²) in [5.41, 5.74) is -0.370. The third kappa shape index (κ3) is 2.47. The number of amides is 1. The third-order valence-electron chi connectivity index (χ3n) is 3.27. The Morgan fingerprint density at radius 3 is 2.94 bits per heavy atom. The predicted molar refractivity (Wildman–Crippen MR) is 57.2 cm³/mol. The van der Waals surface area contributed by atoms with Gasteiger partial charge in [-0.1, -0.05) is 0 Å². The van der Waals surface area contributed by atoms with Crippen LogP contribution < -0.4 is 0 Å². The van der Waals surface area contributed by atoms with E-state index in [1.807, 2.05) is 0 Å². The number of hydrogen-bond acceptors (Lipinski definition) is 4. The van der Waals surface area contributed by atoms with Crippen LogP contribution in [0.2, 0.25) is 0 Å². The summed E-state index contributed by atoms with van der Waals surface area (Å²) in [5.74, 6) is 0. The Morgan fingerprint density at radius 2 is 2.31 bits per heavy atom. The second kappa shape index (κ2) is 5.01. The topological polar surface area (TPSA) is 59.0 Å². The van der Waals surface area contributed by atoms with Gasteiger partial charge in [-0.25, -0.2) is 4.79 Å². The van der Waals surface area contributed by atoms with Gasteiger partial charge in [0.25, 0.3) is 0 Å². The maximum atomic E-state index is 11.7. The van der Waals surface area contributed by atoms with E-state index in [1.54, 1.807) is 4.90 Å². The van der Waals surface area contributed by atoms with Crippen LogP contribution in [0, 0.1) is 0 Å². The predicted octanol–water partition coefficient (Wildman–Crippen LogP) is 0.760. The molecule has 1 atom stereocenters. The zero-order chi connectivity index (χ0) is 11.4. The molecule has 0 aromatic carbocycles. The summed E-state index contributed by atoms with van der Waals surface area (Å²) in [5, 5.41) is 8.73. The van der Waals surface area contributed by atoms with E-state index >= 15 is 0 Å². The lowest BCUT2D eigenvalue weighted by molar-refractivity contribution is -0.122. The third-order valence-corrected chi connectivity index (χ3v) is 3.27. The second-order valence-corrected chi connectivity index (χ2v) is 4.52. The van der Waals surface area contributed by atoms with Gasteiger partial charge in [-0.3, -0.25) is 0 Å². The number of nitrogens with zero attached hydrogens (tertiary/aromatic N) is 1. The fourth-order valence-corrected chi connectivity index (χ4v) is 2.30. The largest absolute Gasteiger partial charge is 0.440 e. The summed E-state index contributed by atoms with van der Waals surface area (Å²) in [6.45, 7) is 2.70. The Hall–Kier alpha value is -0.810. The van der Waals surface area contributed by atoms with Crippen molar-refractivity contribution in [3.05, 3.63) is 0 Å². The fraction of sp³-hybridized carbons (Fsp3) is 0.909. The first-order valence-corrected chi connectivity index (χ1v) is 5.92. The summed E-state index contributed by atoms with van der Waals surface area (Å²) in [7, 11) is 0. The van der Waals surface area contributed by atoms with Crippen LogP contribution in [0.1, 0.15) is 25.7 Å². The van der Waals surface area contributed by atoms with Crippen molar-refractivity contribution >= 4 is 6.09 Å². The smallest absolute Gasteiger partial charge is 0.410 e. The quantitative estimate of drug-likeness (QED) is 0.776. The Labute approximate surface area is 95.3 Å². The van der Waals surface area contributed by atoms with E-state index < -0.39 is 0 Å². The van der Waals surface area contributed by atoms with Crippen LogP contribution in [0.4, 0.5) is 4.79 Å². The molecule has 2 aliphatic rings. The highest BCUT2D eigenvalue weighted by Gasteiger charge is 2.41. The van der Waals surface area contributed by atoms with Crippen molar-refractivity contribution in [2.24, 2.45) is 0 Å². The molecule has 2 saturated heterocycles. The molecule has 92 valence electrons. The molecule has 0 aliphatic carbocycles. The van der Waals surface area contributed by atoms with Crippen LogP contribution in [0.3, 0.4) is 0 Å². The molecule has 2 rings (SSSR count). The molecule has 2 heterocycles. The number of carbonyl (C=O) groups is 1. The average molecular weight is 229 g/mol. The zero-order valence-corrected chi connectivity index (χ0v) is 9.48. The van der Waals surface area contributed by atoms with E-state index in [2.05, 4.69) is 0 Å². The summed E-state index contributed by atoms with van der Waals surface area (Å²) in [4.78, 5) is 13.4. The molecule has 0 bridgehead atoms. The minimum absolute atomic E-state index is 0.109. The van der Waals surface area contributed by atoms with Gasteiger partial charge >= 0.3 is 6.09 Å². The maximum Gasteiger partial charge on any atom is 0.410 e. The highest BCUT2D eigenvalue weighted by molar-refractivity contribution is 5.69. The number of aliphatic hydroxyl groups is 1. The van der Waals surface area contributed by atoms with Gasteiger partial charge in [0.15, 0.2) is 0 Å². The molecule has 1 amide bonds. The van der Waals surface area contributed by atoms with Crippen molar-refractivity contribution < 1.29 is 19.4 Å². The normalized spacial score (nSPS) is 30.6. The highest BCUT2D eigenvalue weighted by Crippen LogP contribution is 2.31.